The molecule has 0 fully saturated rings. The first-order valence-corrected chi connectivity index (χ1v) is 8.06. The molecule has 20 heavy (non-hydrogen) atoms. The molecule has 0 spiro atoms. The summed E-state index contributed by atoms with van der Waals surface area (Å²) in [7, 11) is 0. The first-order valence-electron chi connectivity index (χ1n) is 7.24. The number of rotatable bonds is 4. The molecule has 108 valence electrons. The Morgan fingerprint density at radius 3 is 2.40 bits per heavy atom. The van der Waals surface area contributed by atoms with Crippen molar-refractivity contribution >= 4 is 16.5 Å². The summed E-state index contributed by atoms with van der Waals surface area (Å²) >= 11 is 1.63. The number of aryl methyl sites for hydroxylation is 1. The SMILES string of the molecule is CCCc1ccccc1Cc1sc(N)nc1C(C)(C)C. The number of aromatic nitrogens is 1. The van der Waals surface area contributed by atoms with Gasteiger partial charge in [0.25, 0.3) is 0 Å². The fourth-order valence-corrected chi connectivity index (χ4v) is 3.56. The lowest BCUT2D eigenvalue weighted by Crippen LogP contribution is -2.14. The molecule has 1 aromatic carbocycles. The number of nitrogens with two attached hydrogens (primary N) is 1. The van der Waals surface area contributed by atoms with E-state index in [4.69, 9.17) is 5.73 Å². The van der Waals surface area contributed by atoms with E-state index in [1.54, 1.807) is 11.3 Å². The van der Waals surface area contributed by atoms with E-state index in [9.17, 15) is 0 Å². The molecule has 2 rings (SSSR count). The van der Waals surface area contributed by atoms with E-state index in [-0.39, 0.29) is 5.41 Å². The third-order valence-corrected chi connectivity index (χ3v) is 4.30. The van der Waals surface area contributed by atoms with Crippen molar-refractivity contribution in [1.82, 2.24) is 4.98 Å². The van der Waals surface area contributed by atoms with Crippen LogP contribution in [0.1, 0.15) is 55.8 Å². The van der Waals surface area contributed by atoms with Gasteiger partial charge in [-0.3, -0.25) is 0 Å². The number of benzene rings is 1. The zero-order valence-corrected chi connectivity index (χ0v) is 13.7. The molecule has 0 unspecified atom stereocenters. The maximum absolute atomic E-state index is 5.93. The first kappa shape index (κ1) is 15.0. The number of nitrogen functional groups attached to an aromatic ring is 1. The average molecular weight is 288 g/mol. The number of hydrogen-bond donors (Lipinski definition) is 1. The largest absolute Gasteiger partial charge is 0.375 e. The summed E-state index contributed by atoms with van der Waals surface area (Å²) in [5, 5.41) is 0.679. The zero-order chi connectivity index (χ0) is 14.8. The Labute approximate surface area is 126 Å². The van der Waals surface area contributed by atoms with E-state index in [0.29, 0.717) is 5.13 Å². The van der Waals surface area contributed by atoms with Gasteiger partial charge < -0.3 is 5.73 Å². The highest BCUT2D eigenvalue weighted by atomic mass is 32.1. The van der Waals surface area contributed by atoms with Crippen molar-refractivity contribution in [1.29, 1.82) is 0 Å². The van der Waals surface area contributed by atoms with Gasteiger partial charge in [-0.05, 0) is 17.5 Å². The molecule has 0 radical (unpaired) electrons. The fourth-order valence-electron chi connectivity index (χ4n) is 2.49. The Morgan fingerprint density at radius 2 is 1.80 bits per heavy atom. The predicted octanol–water partition coefficient (Wildman–Crippen LogP) is 4.57. The predicted molar refractivity (Wildman–Crippen MR) is 88.5 cm³/mol. The minimum absolute atomic E-state index is 0.0448. The van der Waals surface area contributed by atoms with Gasteiger partial charge in [-0.25, -0.2) is 4.98 Å². The summed E-state index contributed by atoms with van der Waals surface area (Å²) in [4.78, 5) is 5.85. The van der Waals surface area contributed by atoms with Crippen molar-refractivity contribution in [2.75, 3.05) is 5.73 Å². The van der Waals surface area contributed by atoms with Gasteiger partial charge in [0.2, 0.25) is 0 Å². The molecule has 0 amide bonds. The van der Waals surface area contributed by atoms with Crippen molar-refractivity contribution in [2.24, 2.45) is 0 Å². The third kappa shape index (κ3) is 3.40. The lowest BCUT2D eigenvalue weighted by Gasteiger charge is -2.18. The van der Waals surface area contributed by atoms with Crippen molar-refractivity contribution in [3.8, 4) is 0 Å². The van der Waals surface area contributed by atoms with Gasteiger partial charge in [-0.1, -0.05) is 58.4 Å². The number of thiazole rings is 1. The minimum Gasteiger partial charge on any atom is -0.375 e. The summed E-state index contributed by atoms with van der Waals surface area (Å²) in [6.45, 7) is 8.82. The maximum Gasteiger partial charge on any atom is 0.180 e. The van der Waals surface area contributed by atoms with Crippen LogP contribution >= 0.6 is 11.3 Å². The quantitative estimate of drug-likeness (QED) is 0.895. The second-order valence-electron chi connectivity index (χ2n) is 6.27. The Bertz CT molecular complexity index is 579. The van der Waals surface area contributed by atoms with Crippen molar-refractivity contribution < 1.29 is 0 Å². The van der Waals surface area contributed by atoms with Crippen LogP contribution in [0.2, 0.25) is 0 Å². The molecule has 0 aliphatic carbocycles. The molecular weight excluding hydrogens is 264 g/mol. The molecule has 0 saturated carbocycles. The molecule has 3 heteroatoms. The normalized spacial score (nSPS) is 11.8. The van der Waals surface area contributed by atoms with Crippen LogP contribution in [0.3, 0.4) is 0 Å². The van der Waals surface area contributed by atoms with Gasteiger partial charge in [-0.15, -0.1) is 11.3 Å². The molecule has 0 bridgehead atoms. The van der Waals surface area contributed by atoms with Crippen LogP contribution in [-0.2, 0) is 18.3 Å². The summed E-state index contributed by atoms with van der Waals surface area (Å²) in [6.07, 6.45) is 3.25. The van der Waals surface area contributed by atoms with Crippen LogP contribution in [0.15, 0.2) is 24.3 Å². The van der Waals surface area contributed by atoms with Gasteiger partial charge >= 0.3 is 0 Å². The Morgan fingerprint density at radius 1 is 1.15 bits per heavy atom. The lowest BCUT2D eigenvalue weighted by atomic mass is 9.89. The summed E-state index contributed by atoms with van der Waals surface area (Å²) in [5.41, 5.74) is 9.98. The monoisotopic (exact) mass is 288 g/mol. The lowest BCUT2D eigenvalue weighted by molar-refractivity contribution is 0.568. The van der Waals surface area contributed by atoms with Crippen molar-refractivity contribution in [2.45, 2.75) is 52.4 Å². The molecule has 0 aliphatic rings. The molecule has 1 aromatic heterocycles. The zero-order valence-electron chi connectivity index (χ0n) is 12.9. The topological polar surface area (TPSA) is 38.9 Å². The second-order valence-corrected chi connectivity index (χ2v) is 7.38. The van der Waals surface area contributed by atoms with E-state index >= 15 is 0 Å². The van der Waals surface area contributed by atoms with Crippen LogP contribution < -0.4 is 5.73 Å². The minimum atomic E-state index is 0.0448. The second kappa shape index (κ2) is 5.96. The highest BCUT2D eigenvalue weighted by Gasteiger charge is 2.23. The fraction of sp³-hybridized carbons (Fsp3) is 0.471. The van der Waals surface area contributed by atoms with E-state index < -0.39 is 0 Å². The highest BCUT2D eigenvalue weighted by molar-refractivity contribution is 7.15. The first-order chi connectivity index (χ1) is 9.41. The van der Waals surface area contributed by atoms with E-state index in [1.165, 1.54) is 22.4 Å². The Kier molecular flexibility index (Phi) is 4.48. The van der Waals surface area contributed by atoms with Gasteiger partial charge in [-0.2, -0.15) is 0 Å². The smallest absolute Gasteiger partial charge is 0.180 e. The Balaban J connectivity index is 2.36. The summed E-state index contributed by atoms with van der Waals surface area (Å²) in [5.74, 6) is 0. The number of hydrogen-bond acceptors (Lipinski definition) is 3. The van der Waals surface area contributed by atoms with E-state index in [0.717, 1.165) is 18.5 Å². The van der Waals surface area contributed by atoms with Crippen molar-refractivity contribution in [3.63, 3.8) is 0 Å². The molecule has 2 N–H and O–H groups in total. The van der Waals surface area contributed by atoms with E-state index in [1.807, 2.05) is 0 Å². The van der Waals surface area contributed by atoms with Crippen LogP contribution in [0.25, 0.3) is 0 Å². The molecule has 2 aromatic rings. The molecule has 2 nitrogen and oxygen atoms in total. The maximum atomic E-state index is 5.93. The van der Waals surface area contributed by atoms with Gasteiger partial charge in [0.1, 0.15) is 0 Å². The van der Waals surface area contributed by atoms with Crippen LogP contribution in [0, 0.1) is 0 Å². The standard InChI is InChI=1S/C17H24N2S/c1-5-8-12-9-6-7-10-13(12)11-14-15(17(2,3)4)19-16(18)20-14/h6-7,9-10H,5,8,11H2,1-4H3,(H2,18,19). The highest BCUT2D eigenvalue weighted by Crippen LogP contribution is 2.33. The summed E-state index contributed by atoms with van der Waals surface area (Å²) in [6, 6.07) is 8.71. The van der Waals surface area contributed by atoms with E-state index in [2.05, 4.69) is 56.9 Å². The molecule has 0 atom stereocenters. The van der Waals surface area contributed by atoms with Crippen LogP contribution in [0.4, 0.5) is 5.13 Å². The van der Waals surface area contributed by atoms with Crippen LogP contribution in [0.5, 0.6) is 0 Å². The average Bonchev–Trinajstić information content (AvgIpc) is 2.73. The summed E-state index contributed by atoms with van der Waals surface area (Å²) < 4.78 is 0. The van der Waals surface area contributed by atoms with Gasteiger partial charge in [0.05, 0.1) is 5.69 Å². The molecule has 0 aliphatic heterocycles. The Hall–Kier alpha value is -1.35. The number of nitrogens with zero attached hydrogens (tertiary/aromatic N) is 1. The van der Waals surface area contributed by atoms with Crippen molar-refractivity contribution in [3.05, 3.63) is 46.0 Å². The molecule has 1 heterocycles. The molecular formula is C17H24N2S. The third-order valence-electron chi connectivity index (χ3n) is 3.41. The van der Waals surface area contributed by atoms with Crippen LogP contribution in [-0.4, -0.2) is 4.98 Å². The molecule has 0 saturated heterocycles. The van der Waals surface area contributed by atoms with Gasteiger partial charge in [0.15, 0.2) is 5.13 Å². The number of anilines is 1. The van der Waals surface area contributed by atoms with Gasteiger partial charge in [0, 0.05) is 16.7 Å².